The zero-order valence-corrected chi connectivity index (χ0v) is 15.7. The van der Waals surface area contributed by atoms with Crippen LogP contribution in [0.15, 0.2) is 53.5 Å². The quantitative estimate of drug-likeness (QED) is 0.452. The van der Waals surface area contributed by atoms with E-state index >= 15 is 0 Å². The fourth-order valence-corrected chi connectivity index (χ4v) is 3.09. The van der Waals surface area contributed by atoms with E-state index in [4.69, 9.17) is 11.5 Å². The predicted octanol–water partition coefficient (Wildman–Crippen LogP) is 2.14. The number of hydrogen-bond acceptors (Lipinski definition) is 4. The third kappa shape index (κ3) is 4.40. The Labute approximate surface area is 163 Å². The zero-order chi connectivity index (χ0) is 20.1. The minimum atomic E-state index is -0.239. The molecule has 2 aromatic carbocycles. The Balaban J connectivity index is 1.70. The fourth-order valence-electron chi connectivity index (χ4n) is 3.09. The van der Waals surface area contributed by atoms with Crippen molar-refractivity contribution in [3.63, 3.8) is 0 Å². The number of amides is 2. The van der Waals surface area contributed by atoms with Crippen LogP contribution in [0.4, 0.5) is 21.9 Å². The van der Waals surface area contributed by atoms with Crippen molar-refractivity contribution >= 4 is 35.0 Å². The van der Waals surface area contributed by atoms with Crippen LogP contribution in [-0.2, 0) is 16.0 Å². The molecule has 28 heavy (non-hydrogen) atoms. The van der Waals surface area contributed by atoms with Crippen LogP contribution in [0, 0.1) is 0 Å². The number of rotatable bonds is 6. The van der Waals surface area contributed by atoms with Gasteiger partial charge in [0.25, 0.3) is 0 Å². The van der Waals surface area contributed by atoms with Crippen molar-refractivity contribution in [3.8, 4) is 0 Å². The Hall–Kier alpha value is -3.55. The number of anilines is 2. The molecule has 2 aromatic rings. The maximum Gasteiger partial charge on any atom is 0.329 e. The Morgan fingerprint density at radius 1 is 1.07 bits per heavy atom. The first kappa shape index (κ1) is 19.2. The topological polar surface area (TPSA) is 114 Å². The standard InChI is InChI=1S/C20H23N5O3/c1-28-18(26)10-7-14-5-8-16(9-6-14)24-11-12-25(20(24)27)17-4-2-3-15(13-17)23-19(21)22/h2-6,8-9,13H,7,10-12H2,1H3,(H4,21,22,23). The number of aliphatic imine (C=N–C) groups is 1. The summed E-state index contributed by atoms with van der Waals surface area (Å²) in [6.45, 7) is 1.14. The third-order valence-electron chi connectivity index (χ3n) is 4.50. The lowest BCUT2D eigenvalue weighted by Gasteiger charge is -2.19. The van der Waals surface area contributed by atoms with Crippen molar-refractivity contribution in [2.24, 2.45) is 16.5 Å². The van der Waals surface area contributed by atoms with Crippen LogP contribution in [-0.4, -0.2) is 38.2 Å². The highest BCUT2D eigenvalue weighted by molar-refractivity contribution is 6.06. The summed E-state index contributed by atoms with van der Waals surface area (Å²) in [6, 6.07) is 14.7. The van der Waals surface area contributed by atoms with Crippen LogP contribution in [0.5, 0.6) is 0 Å². The Bertz CT molecular complexity index is 891. The van der Waals surface area contributed by atoms with Crippen LogP contribution in [0.2, 0.25) is 0 Å². The molecule has 3 rings (SSSR count). The van der Waals surface area contributed by atoms with Gasteiger partial charge in [-0.15, -0.1) is 0 Å². The van der Waals surface area contributed by atoms with Gasteiger partial charge in [-0.1, -0.05) is 18.2 Å². The largest absolute Gasteiger partial charge is 0.469 e. The minimum Gasteiger partial charge on any atom is -0.469 e. The second-order valence-corrected chi connectivity index (χ2v) is 6.38. The maximum absolute atomic E-state index is 12.9. The number of nitrogens with zero attached hydrogens (tertiary/aromatic N) is 3. The van der Waals surface area contributed by atoms with Gasteiger partial charge < -0.3 is 16.2 Å². The molecule has 4 N–H and O–H groups in total. The molecular formula is C20H23N5O3. The molecule has 0 bridgehead atoms. The van der Waals surface area contributed by atoms with E-state index < -0.39 is 0 Å². The molecule has 0 saturated carbocycles. The molecule has 2 amide bonds. The van der Waals surface area contributed by atoms with E-state index in [9.17, 15) is 9.59 Å². The minimum absolute atomic E-state index is 0.0289. The number of guanidine groups is 1. The van der Waals surface area contributed by atoms with Crippen LogP contribution in [0.3, 0.4) is 0 Å². The van der Waals surface area contributed by atoms with Gasteiger partial charge in [-0.3, -0.25) is 14.6 Å². The van der Waals surface area contributed by atoms with E-state index in [1.807, 2.05) is 36.4 Å². The molecule has 1 saturated heterocycles. The van der Waals surface area contributed by atoms with Gasteiger partial charge in [-0.2, -0.15) is 0 Å². The van der Waals surface area contributed by atoms with Gasteiger partial charge in [0.05, 0.1) is 12.8 Å². The summed E-state index contributed by atoms with van der Waals surface area (Å²) in [5.41, 5.74) is 14.0. The molecule has 0 aromatic heterocycles. The van der Waals surface area contributed by atoms with Crippen LogP contribution < -0.4 is 21.3 Å². The lowest BCUT2D eigenvalue weighted by Crippen LogP contribution is -2.31. The summed E-state index contributed by atoms with van der Waals surface area (Å²) in [4.78, 5) is 31.6. The average Bonchev–Trinajstić information content (AvgIpc) is 3.07. The predicted molar refractivity (Wildman–Crippen MR) is 109 cm³/mol. The summed E-state index contributed by atoms with van der Waals surface area (Å²) in [5.74, 6) is -0.267. The second kappa shape index (κ2) is 8.43. The summed E-state index contributed by atoms with van der Waals surface area (Å²) >= 11 is 0. The van der Waals surface area contributed by atoms with Gasteiger partial charge in [0.2, 0.25) is 0 Å². The van der Waals surface area contributed by atoms with Gasteiger partial charge in [-0.05, 0) is 42.3 Å². The molecular weight excluding hydrogens is 358 g/mol. The third-order valence-corrected chi connectivity index (χ3v) is 4.50. The first-order valence-electron chi connectivity index (χ1n) is 8.92. The van der Waals surface area contributed by atoms with E-state index in [0.29, 0.717) is 31.6 Å². The van der Waals surface area contributed by atoms with Crippen molar-refractivity contribution in [2.75, 3.05) is 30.0 Å². The van der Waals surface area contributed by atoms with E-state index in [1.54, 1.807) is 21.9 Å². The number of hydrogen-bond donors (Lipinski definition) is 2. The Morgan fingerprint density at radius 2 is 1.75 bits per heavy atom. The van der Waals surface area contributed by atoms with Crippen molar-refractivity contribution in [2.45, 2.75) is 12.8 Å². The van der Waals surface area contributed by atoms with Gasteiger partial charge >= 0.3 is 12.0 Å². The molecule has 0 unspecified atom stereocenters. The molecule has 8 heteroatoms. The molecule has 8 nitrogen and oxygen atoms in total. The van der Waals surface area contributed by atoms with E-state index in [2.05, 4.69) is 9.73 Å². The molecule has 0 aliphatic carbocycles. The molecule has 1 aliphatic heterocycles. The number of aryl methyl sites for hydroxylation is 1. The first-order chi connectivity index (χ1) is 13.5. The Kier molecular flexibility index (Phi) is 5.78. The molecule has 0 atom stereocenters. The van der Waals surface area contributed by atoms with Crippen molar-refractivity contribution in [1.82, 2.24) is 0 Å². The second-order valence-electron chi connectivity index (χ2n) is 6.38. The van der Waals surface area contributed by atoms with Crippen LogP contribution in [0.1, 0.15) is 12.0 Å². The molecule has 1 aliphatic rings. The summed E-state index contributed by atoms with van der Waals surface area (Å²) < 4.78 is 4.66. The number of carbonyl (C=O) groups is 2. The monoisotopic (exact) mass is 381 g/mol. The highest BCUT2D eigenvalue weighted by atomic mass is 16.5. The lowest BCUT2D eigenvalue weighted by molar-refractivity contribution is -0.140. The molecule has 0 spiro atoms. The highest BCUT2D eigenvalue weighted by Gasteiger charge is 2.30. The SMILES string of the molecule is COC(=O)CCc1ccc(N2CCN(c3cccc(N=C(N)N)c3)C2=O)cc1. The van der Waals surface area contributed by atoms with Crippen molar-refractivity contribution in [1.29, 1.82) is 0 Å². The number of methoxy groups -OCH3 is 1. The van der Waals surface area contributed by atoms with Crippen LogP contribution in [0.25, 0.3) is 0 Å². The molecule has 1 fully saturated rings. The van der Waals surface area contributed by atoms with Gasteiger partial charge in [0.1, 0.15) is 0 Å². The fraction of sp³-hybridized carbons (Fsp3) is 0.250. The zero-order valence-electron chi connectivity index (χ0n) is 15.7. The average molecular weight is 381 g/mol. The number of esters is 1. The first-order valence-corrected chi connectivity index (χ1v) is 8.92. The molecule has 1 heterocycles. The summed E-state index contributed by atoms with van der Waals surface area (Å²) in [5, 5.41) is 0. The molecule has 0 radical (unpaired) electrons. The summed E-state index contributed by atoms with van der Waals surface area (Å²) in [6.07, 6.45) is 0.934. The Morgan fingerprint density at radius 3 is 2.39 bits per heavy atom. The highest BCUT2D eigenvalue weighted by Crippen LogP contribution is 2.28. The smallest absolute Gasteiger partial charge is 0.329 e. The van der Waals surface area contributed by atoms with E-state index in [1.165, 1.54) is 7.11 Å². The van der Waals surface area contributed by atoms with Crippen LogP contribution >= 0.6 is 0 Å². The lowest BCUT2D eigenvalue weighted by atomic mass is 10.1. The number of carbonyl (C=O) groups excluding carboxylic acids is 2. The summed E-state index contributed by atoms with van der Waals surface area (Å²) in [7, 11) is 1.38. The molecule has 146 valence electrons. The number of nitrogens with two attached hydrogens (primary N) is 2. The van der Waals surface area contributed by atoms with Gasteiger partial charge in [-0.25, -0.2) is 9.79 Å². The van der Waals surface area contributed by atoms with E-state index in [-0.39, 0.29) is 18.0 Å². The van der Waals surface area contributed by atoms with E-state index in [0.717, 1.165) is 16.9 Å². The van der Waals surface area contributed by atoms with Gasteiger partial charge in [0.15, 0.2) is 5.96 Å². The maximum atomic E-state index is 12.9. The van der Waals surface area contributed by atoms with Gasteiger partial charge in [0, 0.05) is 30.9 Å². The van der Waals surface area contributed by atoms with Crippen molar-refractivity contribution < 1.29 is 14.3 Å². The number of benzene rings is 2. The normalized spacial score (nSPS) is 13.5. The number of ether oxygens (including phenoxy) is 1. The van der Waals surface area contributed by atoms with Crippen molar-refractivity contribution in [3.05, 3.63) is 54.1 Å². The number of urea groups is 1.